The number of ether oxygens (including phenoxy) is 1. The summed E-state index contributed by atoms with van der Waals surface area (Å²) < 4.78 is 19.2. The highest BCUT2D eigenvalue weighted by Crippen LogP contribution is 2.20. The molecule has 1 fully saturated rings. The van der Waals surface area contributed by atoms with Crippen molar-refractivity contribution in [1.29, 1.82) is 0 Å². The summed E-state index contributed by atoms with van der Waals surface area (Å²) in [5.41, 5.74) is 0.228. The van der Waals surface area contributed by atoms with Gasteiger partial charge in [0.2, 0.25) is 0 Å². The van der Waals surface area contributed by atoms with Crippen LogP contribution in [0, 0.1) is 5.82 Å². The average molecular weight is 354 g/mol. The predicted octanol–water partition coefficient (Wildman–Crippen LogP) is 2.14. The highest BCUT2D eigenvalue weighted by molar-refractivity contribution is 5.94. The minimum atomic E-state index is -1.13. The molecule has 2 N–H and O–H groups in total. The molecule has 1 aromatic carbocycles. The normalized spacial score (nSPS) is 17.3. The summed E-state index contributed by atoms with van der Waals surface area (Å²) in [5.74, 6) is -0.991. The van der Waals surface area contributed by atoms with Gasteiger partial charge in [0.25, 0.3) is 0 Å². The van der Waals surface area contributed by atoms with Crippen molar-refractivity contribution in [3.8, 4) is 5.75 Å². The van der Waals surface area contributed by atoms with Crippen LogP contribution in [-0.2, 0) is 0 Å². The molecule has 2 amide bonds. The molecular formula is C16H19FN2O6. The van der Waals surface area contributed by atoms with Crippen molar-refractivity contribution >= 4 is 18.0 Å². The van der Waals surface area contributed by atoms with E-state index in [-0.39, 0.29) is 49.8 Å². The molecule has 0 aromatic heterocycles. The molecular weight excluding hydrogens is 335 g/mol. The molecule has 0 aliphatic carbocycles. The zero-order valence-corrected chi connectivity index (χ0v) is 13.6. The highest BCUT2D eigenvalue weighted by Gasteiger charge is 2.32. The number of carbonyl (C=O) groups is 3. The van der Waals surface area contributed by atoms with Crippen molar-refractivity contribution in [2.75, 3.05) is 26.2 Å². The summed E-state index contributed by atoms with van der Waals surface area (Å²) in [6, 6.07) is 3.29. The molecule has 0 saturated carbocycles. The van der Waals surface area contributed by atoms with Crippen LogP contribution >= 0.6 is 0 Å². The van der Waals surface area contributed by atoms with Gasteiger partial charge in [-0.2, -0.15) is 0 Å². The molecule has 9 heteroatoms. The first kappa shape index (κ1) is 18.5. The molecule has 0 unspecified atom stereocenters. The van der Waals surface area contributed by atoms with Crippen molar-refractivity contribution in [3.63, 3.8) is 0 Å². The van der Waals surface area contributed by atoms with Gasteiger partial charge >= 0.3 is 12.2 Å². The van der Waals surface area contributed by atoms with Crippen LogP contribution in [0.3, 0.4) is 0 Å². The maximum atomic E-state index is 13.9. The van der Waals surface area contributed by atoms with Crippen LogP contribution in [0.4, 0.5) is 14.0 Å². The lowest BCUT2D eigenvalue weighted by molar-refractivity contribution is 0.0560. The highest BCUT2D eigenvalue weighted by atomic mass is 19.1. The quantitative estimate of drug-likeness (QED) is 0.785. The Morgan fingerprint density at radius 2 is 1.96 bits per heavy atom. The van der Waals surface area contributed by atoms with Crippen molar-refractivity contribution in [1.82, 2.24) is 9.80 Å². The Morgan fingerprint density at radius 1 is 1.24 bits per heavy atom. The van der Waals surface area contributed by atoms with Gasteiger partial charge in [0, 0.05) is 31.6 Å². The number of hydrogen-bond acceptors (Lipinski definition) is 4. The maximum absolute atomic E-state index is 13.9. The van der Waals surface area contributed by atoms with E-state index in [2.05, 4.69) is 0 Å². The molecule has 1 atom stereocenters. The minimum Gasteiger partial charge on any atom is -0.490 e. The lowest BCUT2D eigenvalue weighted by atomic mass is 10.1. The molecule has 8 nitrogen and oxygen atoms in total. The van der Waals surface area contributed by atoms with E-state index in [1.807, 2.05) is 0 Å². The number of hydrogen-bond donors (Lipinski definition) is 2. The standard InChI is InChI=1S/C16H19FN2O6/c1-10(20)11-2-3-14(13(17)8-11)25-7-4-12-9-18(15(21)22)5-6-19(12)16(23)24/h2-3,8,12H,4-7,9H2,1H3,(H,21,22)(H,23,24)/t12-/m1/s1. The van der Waals surface area contributed by atoms with Crippen LogP contribution in [-0.4, -0.2) is 70.3 Å². The number of rotatable bonds is 5. The first-order chi connectivity index (χ1) is 11.8. The monoisotopic (exact) mass is 354 g/mol. The number of carbonyl (C=O) groups excluding carboxylic acids is 1. The Balaban J connectivity index is 1.97. The van der Waals surface area contributed by atoms with Crippen LogP contribution in [0.15, 0.2) is 18.2 Å². The van der Waals surface area contributed by atoms with E-state index in [1.165, 1.54) is 19.1 Å². The molecule has 1 aliphatic rings. The van der Waals surface area contributed by atoms with Crippen LogP contribution in [0.2, 0.25) is 0 Å². The number of amides is 2. The Hall–Kier alpha value is -2.84. The maximum Gasteiger partial charge on any atom is 0.407 e. The van der Waals surface area contributed by atoms with Crippen LogP contribution in [0.25, 0.3) is 0 Å². The number of carboxylic acid groups (broad SMARTS) is 2. The molecule has 1 aliphatic heterocycles. The van der Waals surface area contributed by atoms with Crippen LogP contribution in [0.5, 0.6) is 5.75 Å². The van der Waals surface area contributed by atoms with Crippen molar-refractivity contribution < 1.29 is 33.7 Å². The van der Waals surface area contributed by atoms with E-state index in [9.17, 15) is 23.9 Å². The Kier molecular flexibility index (Phi) is 5.79. The van der Waals surface area contributed by atoms with Crippen molar-refractivity contribution in [3.05, 3.63) is 29.6 Å². The number of nitrogens with zero attached hydrogens (tertiary/aromatic N) is 2. The zero-order valence-electron chi connectivity index (χ0n) is 13.6. The molecule has 1 heterocycles. The first-order valence-electron chi connectivity index (χ1n) is 7.70. The van der Waals surface area contributed by atoms with Gasteiger partial charge in [0.15, 0.2) is 17.3 Å². The fraction of sp³-hybridized carbons (Fsp3) is 0.438. The minimum absolute atomic E-state index is 0.0121. The zero-order chi connectivity index (χ0) is 18.6. The SMILES string of the molecule is CC(=O)c1ccc(OCC[C@@H]2CN(C(=O)O)CCN2C(=O)O)c(F)c1. The first-order valence-corrected chi connectivity index (χ1v) is 7.70. The summed E-state index contributed by atoms with van der Waals surface area (Å²) in [6.45, 7) is 1.57. The lowest BCUT2D eigenvalue weighted by Crippen LogP contribution is -2.56. The third kappa shape index (κ3) is 4.59. The molecule has 0 radical (unpaired) electrons. The second kappa shape index (κ2) is 7.82. The van der Waals surface area contributed by atoms with Gasteiger partial charge in [-0.15, -0.1) is 0 Å². The summed E-state index contributed by atoms with van der Waals surface area (Å²) in [4.78, 5) is 35.8. The fourth-order valence-corrected chi connectivity index (χ4v) is 2.67. The number of halogens is 1. The van der Waals surface area contributed by atoms with Gasteiger partial charge in [-0.3, -0.25) is 4.79 Å². The van der Waals surface area contributed by atoms with E-state index in [4.69, 9.17) is 9.84 Å². The van der Waals surface area contributed by atoms with E-state index >= 15 is 0 Å². The Bertz CT molecular complexity index is 681. The topological polar surface area (TPSA) is 107 Å². The van der Waals surface area contributed by atoms with Gasteiger partial charge in [-0.05, 0) is 25.1 Å². The third-order valence-corrected chi connectivity index (χ3v) is 4.05. The van der Waals surface area contributed by atoms with Gasteiger partial charge in [0.1, 0.15) is 0 Å². The molecule has 0 bridgehead atoms. The van der Waals surface area contributed by atoms with E-state index < -0.39 is 24.0 Å². The number of ketones is 1. The van der Waals surface area contributed by atoms with Crippen molar-refractivity contribution in [2.45, 2.75) is 19.4 Å². The molecule has 25 heavy (non-hydrogen) atoms. The van der Waals surface area contributed by atoms with Gasteiger partial charge in [-0.25, -0.2) is 14.0 Å². The number of Topliss-reactive ketones (excluding diaryl/α,β-unsaturated/α-hetero) is 1. The average Bonchev–Trinajstić information content (AvgIpc) is 2.55. The Labute approximate surface area is 143 Å². The van der Waals surface area contributed by atoms with Gasteiger partial charge in [0.05, 0.1) is 12.6 Å². The summed E-state index contributed by atoms with van der Waals surface area (Å²) in [5, 5.41) is 18.2. The molecule has 1 aromatic rings. The summed E-state index contributed by atoms with van der Waals surface area (Å²) in [7, 11) is 0. The predicted molar refractivity (Wildman–Crippen MR) is 84.6 cm³/mol. The summed E-state index contributed by atoms with van der Waals surface area (Å²) >= 11 is 0. The van der Waals surface area contributed by atoms with E-state index in [0.717, 1.165) is 15.9 Å². The third-order valence-electron chi connectivity index (χ3n) is 4.05. The molecule has 2 rings (SSSR count). The molecule has 0 spiro atoms. The molecule has 136 valence electrons. The Morgan fingerprint density at radius 3 is 2.52 bits per heavy atom. The number of benzene rings is 1. The van der Waals surface area contributed by atoms with Gasteiger partial charge < -0.3 is 24.7 Å². The number of piperazine rings is 1. The van der Waals surface area contributed by atoms with E-state index in [1.54, 1.807) is 0 Å². The van der Waals surface area contributed by atoms with Gasteiger partial charge in [-0.1, -0.05) is 0 Å². The summed E-state index contributed by atoms with van der Waals surface area (Å²) in [6.07, 6.45) is -2.03. The smallest absolute Gasteiger partial charge is 0.407 e. The lowest BCUT2D eigenvalue weighted by Gasteiger charge is -2.38. The second-order valence-electron chi connectivity index (χ2n) is 5.70. The molecule has 1 saturated heterocycles. The van der Waals surface area contributed by atoms with Crippen molar-refractivity contribution in [2.24, 2.45) is 0 Å². The second-order valence-corrected chi connectivity index (χ2v) is 5.70. The van der Waals surface area contributed by atoms with Crippen LogP contribution < -0.4 is 4.74 Å². The largest absolute Gasteiger partial charge is 0.490 e. The fourth-order valence-electron chi connectivity index (χ4n) is 2.67. The van der Waals surface area contributed by atoms with Crippen LogP contribution in [0.1, 0.15) is 23.7 Å². The van der Waals surface area contributed by atoms with E-state index in [0.29, 0.717) is 0 Å².